The van der Waals surface area contributed by atoms with Crippen LogP contribution < -0.4 is 69.3 Å². The van der Waals surface area contributed by atoms with Crippen molar-refractivity contribution in [3.8, 4) is 0 Å². The van der Waals surface area contributed by atoms with E-state index in [9.17, 15) is 0 Å². The largest absolute Gasteiger partial charge is 1.00 e. The molecule has 0 radical (unpaired) electrons. The van der Waals surface area contributed by atoms with Crippen LogP contribution in [0.3, 0.4) is 0 Å². The van der Waals surface area contributed by atoms with Gasteiger partial charge < -0.3 is 15.0 Å². The van der Waals surface area contributed by atoms with Crippen molar-refractivity contribution >= 4 is 6.16 Å². The summed E-state index contributed by atoms with van der Waals surface area (Å²) in [7, 11) is 0. The molecule has 0 aromatic rings. The molecule has 0 saturated heterocycles. The Bertz CT molecular complexity index is 35.9. The molecule has 0 heterocycles. The summed E-state index contributed by atoms with van der Waals surface area (Å²) in [5.41, 5.74) is 0. The molecule has 0 saturated carbocycles. The maximum absolute atomic E-state index is 8.33. The van der Waals surface area contributed by atoms with Gasteiger partial charge >= 0.3 is 59.1 Å². The molecule has 0 aliphatic carbocycles. The van der Waals surface area contributed by atoms with Crippen LogP contribution in [-0.4, -0.2) is 6.16 Å². The number of rotatable bonds is 0. The van der Waals surface area contributed by atoms with Crippen LogP contribution in [0.15, 0.2) is 0 Å². The summed E-state index contributed by atoms with van der Waals surface area (Å²) in [5, 5.41) is 16.7. The molecule has 0 aliphatic heterocycles. The molecule has 0 aromatic heterocycles. The Kier molecular flexibility index (Phi) is 51.2. The second-order valence-electron chi connectivity index (χ2n) is 0.250. The van der Waals surface area contributed by atoms with E-state index in [1.54, 1.807) is 0 Å². The van der Waals surface area contributed by atoms with E-state index in [-0.39, 0.29) is 96.9 Å². The zero-order valence-electron chi connectivity index (χ0n) is 4.08. The molecule has 0 aromatic carbocycles. The van der Waals surface area contributed by atoms with Gasteiger partial charge in [0.05, 0.1) is 0 Å². The SMILES string of the molecule is O=C([O-])[O-].[Ar].[Na+].[Na+]. The molecule has 3 nitrogen and oxygen atoms in total. The van der Waals surface area contributed by atoms with Crippen molar-refractivity contribution in [3.63, 3.8) is 0 Å². The molecular weight excluding hydrogens is 146 g/mol. The smallest absolute Gasteiger partial charge is 0.652 e. The molecule has 6 heteroatoms. The standard InChI is InChI=1S/CH2O3.Ar.2Na/c2-1(3)4;;;/h(H2,2,3,4);;;/q;;2*+1/p-2. The average molecular weight is 146 g/mol. The summed E-state index contributed by atoms with van der Waals surface area (Å²) >= 11 is 0. The summed E-state index contributed by atoms with van der Waals surface area (Å²) in [4.78, 5) is 8.33. The molecule has 0 rings (SSSR count). The second-order valence-corrected chi connectivity index (χ2v) is 0.250. The first-order valence-corrected chi connectivity index (χ1v) is 0.612. The van der Waals surface area contributed by atoms with Crippen molar-refractivity contribution in [3.05, 3.63) is 0 Å². The van der Waals surface area contributed by atoms with Crippen molar-refractivity contribution in [2.75, 3.05) is 0 Å². The van der Waals surface area contributed by atoms with Gasteiger partial charge in [-0.3, -0.25) is 0 Å². The Balaban J connectivity index is -0.0000000150. The first-order chi connectivity index (χ1) is 1.73. The van der Waals surface area contributed by atoms with Gasteiger partial charge in [0.1, 0.15) is 0 Å². The van der Waals surface area contributed by atoms with Gasteiger partial charge in [-0.2, -0.15) is 0 Å². The van der Waals surface area contributed by atoms with Gasteiger partial charge in [-0.15, -0.1) is 0 Å². The summed E-state index contributed by atoms with van der Waals surface area (Å²) in [6, 6.07) is 0. The molecule has 0 fully saturated rings. The van der Waals surface area contributed by atoms with Crippen molar-refractivity contribution in [2.45, 2.75) is 0 Å². The van der Waals surface area contributed by atoms with E-state index in [4.69, 9.17) is 15.0 Å². The van der Waals surface area contributed by atoms with Crippen LogP contribution in [-0.2, 0) is 0 Å². The van der Waals surface area contributed by atoms with E-state index in [1.165, 1.54) is 0 Å². The first kappa shape index (κ1) is 22.7. The molecule has 0 atom stereocenters. The van der Waals surface area contributed by atoms with Crippen molar-refractivity contribution < 1.29 is 112 Å². The third kappa shape index (κ3) is 56.8. The fourth-order valence-corrected chi connectivity index (χ4v) is 0. The summed E-state index contributed by atoms with van der Waals surface area (Å²) in [5.74, 6) is 0. The Morgan fingerprint density at radius 2 is 1.14 bits per heavy atom. The monoisotopic (exact) mass is 146 g/mol. The van der Waals surface area contributed by atoms with E-state index in [0.717, 1.165) is 0 Å². The molecule has 0 amide bonds. The topological polar surface area (TPSA) is 63.2 Å². The summed E-state index contributed by atoms with van der Waals surface area (Å²) in [6.07, 6.45) is -2.33. The van der Waals surface area contributed by atoms with Gasteiger partial charge in [-0.05, 0) is 6.16 Å². The van der Waals surface area contributed by atoms with Crippen LogP contribution in [0.4, 0.5) is 4.79 Å². The third-order valence-corrected chi connectivity index (χ3v) is 0. The molecule has 0 bridgehead atoms. The minimum Gasteiger partial charge on any atom is -0.652 e. The quantitative estimate of drug-likeness (QED) is 0.319. The van der Waals surface area contributed by atoms with E-state index in [0.29, 0.717) is 0 Å². The first-order valence-electron chi connectivity index (χ1n) is 0.612. The van der Waals surface area contributed by atoms with E-state index >= 15 is 0 Å². The maximum atomic E-state index is 8.33. The van der Waals surface area contributed by atoms with Crippen LogP contribution in [0.5, 0.6) is 0 Å². The fourth-order valence-electron chi connectivity index (χ4n) is 0. The zero-order chi connectivity index (χ0) is 3.58. The van der Waals surface area contributed by atoms with Gasteiger partial charge in [0.25, 0.3) is 0 Å². The van der Waals surface area contributed by atoms with Crippen molar-refractivity contribution in [2.24, 2.45) is 0 Å². The Morgan fingerprint density at radius 3 is 1.14 bits per heavy atom. The number of hydrogen-bond acceptors (Lipinski definition) is 3. The van der Waals surface area contributed by atoms with Crippen LogP contribution in [0.2, 0.25) is 0 Å². The van der Waals surface area contributed by atoms with Crippen molar-refractivity contribution in [1.29, 1.82) is 0 Å². The number of carboxylic acid groups (broad SMARTS) is 2. The third-order valence-electron chi connectivity index (χ3n) is 0. The Morgan fingerprint density at radius 1 is 1.14 bits per heavy atom. The van der Waals surface area contributed by atoms with Gasteiger partial charge in [-0.1, -0.05) is 0 Å². The van der Waals surface area contributed by atoms with Crippen molar-refractivity contribution in [1.82, 2.24) is 0 Å². The van der Waals surface area contributed by atoms with E-state index in [1.807, 2.05) is 0 Å². The molecule has 0 unspecified atom stereocenters. The normalized spacial score (nSPS) is 3.43. The summed E-state index contributed by atoms with van der Waals surface area (Å²) in [6.45, 7) is 0. The van der Waals surface area contributed by atoms with E-state index in [2.05, 4.69) is 0 Å². The minimum absolute atomic E-state index is 0. The van der Waals surface area contributed by atoms with Crippen LogP contribution in [0, 0.1) is 37.7 Å². The fraction of sp³-hybridized carbons (Fsp3) is 0. The molecule has 0 spiro atoms. The Hall–Kier alpha value is 2.53. The number of carbonyl (C=O) groups excluding carboxylic acids is 1. The minimum atomic E-state index is -2.33. The van der Waals surface area contributed by atoms with Gasteiger partial charge in [0, 0.05) is 37.7 Å². The van der Waals surface area contributed by atoms with Gasteiger partial charge in [0.15, 0.2) is 0 Å². The predicted molar refractivity (Wildman–Crippen MR) is 5.40 cm³/mol. The molecular formula is CArNa2O3. The number of carbonyl (C=O) groups is 1. The summed E-state index contributed by atoms with van der Waals surface area (Å²) < 4.78 is 0. The molecule has 0 aliphatic rings. The molecule has 32 valence electrons. The van der Waals surface area contributed by atoms with Crippen LogP contribution in [0.1, 0.15) is 0 Å². The zero-order valence-corrected chi connectivity index (χ0v) is 8.79. The van der Waals surface area contributed by atoms with E-state index < -0.39 is 6.16 Å². The maximum Gasteiger partial charge on any atom is 1.00 e. The van der Waals surface area contributed by atoms with Gasteiger partial charge in [-0.25, -0.2) is 0 Å². The van der Waals surface area contributed by atoms with Crippen LogP contribution in [0.25, 0.3) is 0 Å². The predicted octanol–water partition coefficient (Wildman–Crippen LogP) is -8.44. The molecule has 0 N–H and O–H groups in total. The number of hydrogen-bond donors (Lipinski definition) is 0. The average Bonchev–Trinajstić information content (AvgIpc) is 0.811. The second kappa shape index (κ2) is 15.8. The molecule has 7 heavy (non-hydrogen) atoms. The van der Waals surface area contributed by atoms with Crippen LogP contribution >= 0.6 is 0 Å². The van der Waals surface area contributed by atoms with Gasteiger partial charge in [0.2, 0.25) is 0 Å². The Labute approximate surface area is 115 Å².